The van der Waals surface area contributed by atoms with Crippen LogP contribution in [0.1, 0.15) is 30.5 Å². The Morgan fingerprint density at radius 2 is 2.35 bits per heavy atom. The Bertz CT molecular complexity index is 401. The molecule has 0 unspecified atom stereocenters. The zero-order chi connectivity index (χ0) is 12.3. The van der Waals surface area contributed by atoms with Gasteiger partial charge in [0.05, 0.1) is 10.7 Å². The van der Waals surface area contributed by atoms with Crippen LogP contribution >= 0.6 is 12.2 Å². The van der Waals surface area contributed by atoms with Gasteiger partial charge in [0.15, 0.2) is 0 Å². The molecule has 0 aliphatic heterocycles. The maximum absolute atomic E-state index is 5.57. The number of hydrogen-bond donors (Lipinski definition) is 1. The van der Waals surface area contributed by atoms with Crippen LogP contribution in [0, 0.1) is 6.92 Å². The second-order valence-electron chi connectivity index (χ2n) is 4.68. The van der Waals surface area contributed by atoms with Gasteiger partial charge in [-0.1, -0.05) is 18.3 Å². The molecule has 1 aliphatic carbocycles. The van der Waals surface area contributed by atoms with Gasteiger partial charge in [0.25, 0.3) is 0 Å². The molecule has 2 N–H and O–H groups in total. The number of nitrogens with two attached hydrogens (primary N) is 1. The number of hydrogen-bond acceptors (Lipinski definition) is 3. The minimum atomic E-state index is 0.605. The van der Waals surface area contributed by atoms with E-state index in [4.69, 9.17) is 18.0 Å². The molecule has 0 amide bonds. The van der Waals surface area contributed by atoms with Gasteiger partial charge in [-0.05, 0) is 31.4 Å². The molecule has 1 heterocycles. The van der Waals surface area contributed by atoms with Crippen molar-refractivity contribution >= 4 is 17.2 Å². The third-order valence-corrected chi connectivity index (χ3v) is 3.38. The van der Waals surface area contributed by atoms with E-state index in [2.05, 4.69) is 22.9 Å². The normalized spacial score (nSPS) is 15.2. The van der Waals surface area contributed by atoms with Gasteiger partial charge in [0.2, 0.25) is 0 Å². The summed E-state index contributed by atoms with van der Waals surface area (Å²) in [5, 5.41) is 0. The third kappa shape index (κ3) is 3.75. The van der Waals surface area contributed by atoms with E-state index in [0.717, 1.165) is 19.5 Å². The first-order chi connectivity index (χ1) is 8.16. The quantitative estimate of drug-likeness (QED) is 0.783. The molecule has 1 aromatic rings. The molecule has 2 rings (SSSR count). The second-order valence-corrected chi connectivity index (χ2v) is 5.21. The highest BCUT2D eigenvalue weighted by molar-refractivity contribution is 7.80. The lowest BCUT2D eigenvalue weighted by Gasteiger charge is -2.22. The molecule has 17 heavy (non-hydrogen) atoms. The molecule has 92 valence electrons. The molecule has 0 bridgehead atoms. The molecule has 0 spiro atoms. The summed E-state index contributed by atoms with van der Waals surface area (Å²) in [6, 6.07) is 4.81. The number of rotatable bonds is 6. The standard InChI is InChI=1S/C13H19N3S/c1-10-3-2-7-15-12(10)9-16(11-4-5-11)8-6-13(14)17/h2-3,7,11H,4-6,8-9H2,1H3,(H2,14,17). The van der Waals surface area contributed by atoms with Crippen molar-refractivity contribution in [3.05, 3.63) is 29.6 Å². The van der Waals surface area contributed by atoms with Crippen LogP contribution in [0.5, 0.6) is 0 Å². The lowest BCUT2D eigenvalue weighted by Crippen LogP contribution is -2.30. The molecule has 1 fully saturated rings. The van der Waals surface area contributed by atoms with E-state index in [0.29, 0.717) is 11.0 Å². The largest absolute Gasteiger partial charge is 0.393 e. The second kappa shape index (κ2) is 5.56. The molecule has 1 saturated carbocycles. The van der Waals surface area contributed by atoms with E-state index in [1.54, 1.807) is 0 Å². The first-order valence-corrected chi connectivity index (χ1v) is 6.50. The monoisotopic (exact) mass is 249 g/mol. The molecule has 1 aliphatic rings. The van der Waals surface area contributed by atoms with Crippen molar-refractivity contribution in [2.24, 2.45) is 5.73 Å². The zero-order valence-corrected chi connectivity index (χ0v) is 11.0. The van der Waals surface area contributed by atoms with Crippen molar-refractivity contribution in [1.29, 1.82) is 0 Å². The fourth-order valence-electron chi connectivity index (χ4n) is 1.96. The Labute approximate surface area is 108 Å². The molecule has 0 radical (unpaired) electrons. The van der Waals surface area contributed by atoms with Crippen LogP contribution in [0.15, 0.2) is 18.3 Å². The van der Waals surface area contributed by atoms with Gasteiger partial charge in [-0.25, -0.2) is 0 Å². The molecule has 0 atom stereocenters. The van der Waals surface area contributed by atoms with Crippen LogP contribution in [0.3, 0.4) is 0 Å². The minimum Gasteiger partial charge on any atom is -0.393 e. The van der Waals surface area contributed by atoms with Crippen LogP contribution < -0.4 is 5.73 Å². The van der Waals surface area contributed by atoms with Gasteiger partial charge in [-0.15, -0.1) is 0 Å². The van der Waals surface area contributed by atoms with Crippen LogP contribution in [-0.2, 0) is 6.54 Å². The van der Waals surface area contributed by atoms with Gasteiger partial charge in [0, 0.05) is 31.7 Å². The molecule has 4 heteroatoms. The van der Waals surface area contributed by atoms with Crippen molar-refractivity contribution in [2.75, 3.05) is 6.54 Å². The zero-order valence-electron chi connectivity index (χ0n) is 10.2. The maximum Gasteiger partial charge on any atom is 0.0740 e. The van der Waals surface area contributed by atoms with Crippen molar-refractivity contribution in [3.8, 4) is 0 Å². The van der Waals surface area contributed by atoms with E-state index in [9.17, 15) is 0 Å². The third-order valence-electron chi connectivity index (χ3n) is 3.18. The van der Waals surface area contributed by atoms with Crippen LogP contribution in [0.2, 0.25) is 0 Å². The molecule has 0 saturated heterocycles. The van der Waals surface area contributed by atoms with Crippen molar-refractivity contribution in [3.63, 3.8) is 0 Å². The summed E-state index contributed by atoms with van der Waals surface area (Å²) >= 11 is 4.95. The lowest BCUT2D eigenvalue weighted by atomic mass is 10.2. The Balaban J connectivity index is 1.97. The Morgan fingerprint density at radius 1 is 1.59 bits per heavy atom. The predicted octanol–water partition coefficient (Wildman–Crippen LogP) is 2.03. The summed E-state index contributed by atoms with van der Waals surface area (Å²) in [6.45, 7) is 3.98. The van der Waals surface area contributed by atoms with E-state index in [-0.39, 0.29) is 0 Å². The SMILES string of the molecule is Cc1cccnc1CN(CCC(N)=S)C1CC1. The van der Waals surface area contributed by atoms with E-state index >= 15 is 0 Å². The Kier molecular flexibility index (Phi) is 4.07. The van der Waals surface area contributed by atoms with E-state index in [1.165, 1.54) is 24.1 Å². The average Bonchev–Trinajstić information content (AvgIpc) is 3.10. The summed E-state index contributed by atoms with van der Waals surface area (Å²) in [5.74, 6) is 0. The minimum absolute atomic E-state index is 0.605. The van der Waals surface area contributed by atoms with Crippen molar-refractivity contribution < 1.29 is 0 Å². The number of pyridine rings is 1. The molecular weight excluding hydrogens is 230 g/mol. The summed E-state index contributed by atoms with van der Waals surface area (Å²) in [7, 11) is 0. The average molecular weight is 249 g/mol. The Hall–Kier alpha value is -1.00. The smallest absolute Gasteiger partial charge is 0.0740 e. The molecule has 0 aromatic carbocycles. The van der Waals surface area contributed by atoms with Crippen molar-refractivity contribution in [2.45, 2.75) is 38.8 Å². The summed E-state index contributed by atoms with van der Waals surface area (Å²) in [5.41, 5.74) is 8.00. The highest BCUT2D eigenvalue weighted by Gasteiger charge is 2.29. The predicted molar refractivity (Wildman–Crippen MR) is 73.8 cm³/mol. The molecule has 1 aromatic heterocycles. The van der Waals surface area contributed by atoms with Gasteiger partial charge in [0.1, 0.15) is 0 Å². The Morgan fingerprint density at radius 3 is 2.94 bits per heavy atom. The van der Waals surface area contributed by atoms with E-state index < -0.39 is 0 Å². The first-order valence-electron chi connectivity index (χ1n) is 6.09. The fraction of sp³-hybridized carbons (Fsp3) is 0.538. The van der Waals surface area contributed by atoms with Gasteiger partial charge in [-0.3, -0.25) is 9.88 Å². The lowest BCUT2D eigenvalue weighted by molar-refractivity contribution is 0.259. The van der Waals surface area contributed by atoms with Crippen LogP contribution in [0.4, 0.5) is 0 Å². The number of thiocarbonyl (C=S) groups is 1. The highest BCUT2D eigenvalue weighted by atomic mass is 32.1. The summed E-state index contributed by atoms with van der Waals surface area (Å²) < 4.78 is 0. The number of nitrogens with zero attached hydrogens (tertiary/aromatic N) is 2. The van der Waals surface area contributed by atoms with E-state index in [1.807, 2.05) is 12.3 Å². The molecular formula is C13H19N3S. The number of aryl methyl sites for hydroxylation is 1. The summed E-state index contributed by atoms with van der Waals surface area (Å²) in [6.07, 6.45) is 5.26. The van der Waals surface area contributed by atoms with Crippen molar-refractivity contribution in [1.82, 2.24) is 9.88 Å². The van der Waals surface area contributed by atoms with Gasteiger partial charge < -0.3 is 5.73 Å². The fourth-order valence-corrected chi connectivity index (χ4v) is 2.05. The molecule has 3 nitrogen and oxygen atoms in total. The van der Waals surface area contributed by atoms with Gasteiger partial charge >= 0.3 is 0 Å². The van der Waals surface area contributed by atoms with Crippen LogP contribution in [-0.4, -0.2) is 27.5 Å². The highest BCUT2D eigenvalue weighted by Crippen LogP contribution is 2.28. The maximum atomic E-state index is 5.57. The first kappa shape index (κ1) is 12.5. The number of aromatic nitrogens is 1. The topological polar surface area (TPSA) is 42.2 Å². The summed E-state index contributed by atoms with van der Waals surface area (Å²) in [4.78, 5) is 7.51. The van der Waals surface area contributed by atoms with Gasteiger partial charge in [-0.2, -0.15) is 0 Å². The van der Waals surface area contributed by atoms with Crippen LogP contribution in [0.25, 0.3) is 0 Å².